The van der Waals surface area contributed by atoms with E-state index >= 15 is 0 Å². The van der Waals surface area contributed by atoms with Crippen LogP contribution in [0.3, 0.4) is 0 Å². The number of carbonyl (C=O) groups is 2. The van der Waals surface area contributed by atoms with E-state index in [1.165, 1.54) is 0 Å². The van der Waals surface area contributed by atoms with Crippen LogP contribution in [0.5, 0.6) is 0 Å². The second kappa shape index (κ2) is 11.3. The van der Waals surface area contributed by atoms with Gasteiger partial charge in [-0.15, -0.1) is 0 Å². The zero-order valence-electron chi connectivity index (χ0n) is 16.8. The van der Waals surface area contributed by atoms with Crippen molar-refractivity contribution in [2.45, 2.75) is 52.4 Å². The van der Waals surface area contributed by atoms with Crippen molar-refractivity contribution in [1.29, 1.82) is 0 Å². The fourth-order valence-corrected chi connectivity index (χ4v) is 2.33. The van der Waals surface area contributed by atoms with Gasteiger partial charge in [-0.1, -0.05) is 40.0 Å². The number of hydrogen-bond acceptors (Lipinski definition) is 8. The molecule has 3 N–H and O–H groups in total. The lowest BCUT2D eigenvalue weighted by Gasteiger charge is -2.20. The van der Waals surface area contributed by atoms with Gasteiger partial charge in [0.25, 0.3) is 0 Å². The average molecular weight is 381 g/mol. The summed E-state index contributed by atoms with van der Waals surface area (Å²) in [6.07, 6.45) is 3.66. The van der Waals surface area contributed by atoms with E-state index in [1.807, 2.05) is 27.9 Å². The molecule has 0 aromatic carbocycles. The van der Waals surface area contributed by atoms with Crippen LogP contribution in [0, 0.1) is 5.92 Å². The normalized spacial score (nSPS) is 11.8. The first kappa shape index (κ1) is 22.6. The first-order chi connectivity index (χ1) is 12.8. The molecule has 1 aromatic heterocycles. The van der Waals surface area contributed by atoms with Gasteiger partial charge in [0.1, 0.15) is 5.82 Å². The number of anilines is 2. The molecule has 152 valence electrons. The molecule has 0 bridgehead atoms. The van der Waals surface area contributed by atoms with Crippen LogP contribution < -0.4 is 15.8 Å². The molecule has 1 heterocycles. The lowest BCUT2D eigenvalue weighted by atomic mass is 10.0. The summed E-state index contributed by atoms with van der Waals surface area (Å²) in [5, 5.41) is 9.93. The number of unbranched alkanes of at least 4 members (excludes halogenated alkanes) is 2. The molecule has 0 radical (unpaired) electrons. The Labute approximate surface area is 160 Å². The number of nitrogens with zero attached hydrogens (tertiary/aromatic N) is 5. The van der Waals surface area contributed by atoms with Gasteiger partial charge in [-0.2, -0.15) is 15.0 Å². The number of aromatic nitrogens is 3. The van der Waals surface area contributed by atoms with Gasteiger partial charge in [-0.3, -0.25) is 25.6 Å². The summed E-state index contributed by atoms with van der Waals surface area (Å²) in [5.41, 5.74) is 5.29. The average Bonchev–Trinajstić information content (AvgIpc) is 2.64. The molecule has 1 aromatic rings. The lowest BCUT2D eigenvalue weighted by molar-refractivity contribution is -0.154. The highest BCUT2D eigenvalue weighted by molar-refractivity contribution is 5.80. The maximum absolute atomic E-state index is 12.5. The van der Waals surface area contributed by atoms with Crippen molar-refractivity contribution in [3.05, 3.63) is 5.82 Å². The van der Waals surface area contributed by atoms with Gasteiger partial charge in [0.15, 0.2) is 0 Å². The standard InChI is InChI=1S/C17H31N7O3/c1-6-7-8-9-13(10-24(27)11-25)15(26)21-22-16-18-14(12(2)3)19-17(20-16)23(4)5/h11-13,27H,6-10H2,1-5H3,(H,21,26)(H,18,19,20,22)/t13-/m1/s1. The van der Waals surface area contributed by atoms with Gasteiger partial charge in [0.2, 0.25) is 24.2 Å². The summed E-state index contributed by atoms with van der Waals surface area (Å²) in [4.78, 5) is 37.9. The molecule has 0 aliphatic carbocycles. The van der Waals surface area contributed by atoms with E-state index < -0.39 is 5.92 Å². The summed E-state index contributed by atoms with van der Waals surface area (Å²) in [6.45, 7) is 5.93. The van der Waals surface area contributed by atoms with Crippen LogP contribution in [0.15, 0.2) is 0 Å². The first-order valence-electron chi connectivity index (χ1n) is 9.18. The number of hydrogen-bond donors (Lipinski definition) is 3. The first-order valence-corrected chi connectivity index (χ1v) is 9.18. The van der Waals surface area contributed by atoms with Gasteiger partial charge >= 0.3 is 0 Å². The van der Waals surface area contributed by atoms with E-state index in [1.54, 1.807) is 4.90 Å². The Bertz CT molecular complexity index is 584. The van der Waals surface area contributed by atoms with E-state index in [9.17, 15) is 14.8 Å². The van der Waals surface area contributed by atoms with Crippen LogP contribution in [0.4, 0.5) is 11.9 Å². The minimum Gasteiger partial charge on any atom is -0.347 e. The molecular weight excluding hydrogens is 350 g/mol. The highest BCUT2D eigenvalue weighted by Crippen LogP contribution is 2.15. The van der Waals surface area contributed by atoms with Crippen molar-refractivity contribution in [2.24, 2.45) is 5.92 Å². The Hall–Kier alpha value is -2.49. The Balaban J connectivity index is 2.82. The molecule has 1 atom stereocenters. The quantitative estimate of drug-likeness (QED) is 0.216. The molecule has 0 saturated carbocycles. The summed E-state index contributed by atoms with van der Waals surface area (Å²) in [7, 11) is 3.64. The largest absolute Gasteiger partial charge is 0.347 e. The van der Waals surface area contributed by atoms with Crippen LogP contribution in [-0.2, 0) is 9.59 Å². The van der Waals surface area contributed by atoms with Crippen molar-refractivity contribution in [2.75, 3.05) is 31.0 Å². The molecule has 2 amide bonds. The van der Waals surface area contributed by atoms with Crippen molar-refractivity contribution < 1.29 is 14.8 Å². The minimum absolute atomic E-state index is 0.0713. The Morgan fingerprint density at radius 3 is 2.48 bits per heavy atom. The van der Waals surface area contributed by atoms with Crippen LogP contribution in [0.25, 0.3) is 0 Å². The summed E-state index contributed by atoms with van der Waals surface area (Å²) >= 11 is 0. The topological polar surface area (TPSA) is 124 Å². The number of nitrogens with one attached hydrogen (secondary N) is 2. The summed E-state index contributed by atoms with van der Waals surface area (Å²) in [5.74, 6) is 0.526. The smallest absolute Gasteiger partial charge is 0.246 e. The van der Waals surface area contributed by atoms with E-state index in [0.717, 1.165) is 19.3 Å². The van der Waals surface area contributed by atoms with Gasteiger partial charge in [0.05, 0.1) is 12.5 Å². The second-order valence-electron chi connectivity index (χ2n) is 6.90. The number of amides is 2. The third-order valence-corrected chi connectivity index (χ3v) is 3.91. The second-order valence-corrected chi connectivity index (χ2v) is 6.90. The SMILES string of the molecule is CCCCC[C@H](CN(O)C=O)C(=O)NNc1nc(C(C)C)nc(N(C)C)n1. The third-order valence-electron chi connectivity index (χ3n) is 3.91. The molecule has 27 heavy (non-hydrogen) atoms. The number of carbonyl (C=O) groups excluding carboxylic acids is 2. The van der Waals surface area contributed by atoms with Crippen molar-refractivity contribution >= 4 is 24.2 Å². The molecular formula is C17H31N7O3. The van der Waals surface area contributed by atoms with E-state index in [2.05, 4.69) is 32.7 Å². The maximum atomic E-state index is 12.5. The molecule has 0 unspecified atom stereocenters. The highest BCUT2D eigenvalue weighted by atomic mass is 16.5. The molecule has 0 aliphatic heterocycles. The molecule has 0 fully saturated rings. The highest BCUT2D eigenvalue weighted by Gasteiger charge is 2.21. The van der Waals surface area contributed by atoms with Crippen molar-refractivity contribution in [1.82, 2.24) is 25.4 Å². The van der Waals surface area contributed by atoms with E-state index in [-0.39, 0.29) is 30.7 Å². The van der Waals surface area contributed by atoms with Crippen molar-refractivity contribution in [3.8, 4) is 0 Å². The van der Waals surface area contributed by atoms with Crippen LogP contribution in [0.1, 0.15) is 58.2 Å². The van der Waals surface area contributed by atoms with Crippen LogP contribution >= 0.6 is 0 Å². The van der Waals surface area contributed by atoms with E-state index in [4.69, 9.17) is 0 Å². The fraction of sp³-hybridized carbons (Fsp3) is 0.706. The van der Waals surface area contributed by atoms with Crippen molar-refractivity contribution in [3.63, 3.8) is 0 Å². The van der Waals surface area contributed by atoms with Gasteiger partial charge in [-0.05, 0) is 6.42 Å². The predicted octanol–water partition coefficient (Wildman–Crippen LogP) is 1.55. The molecule has 1 rings (SSSR count). The Kier molecular flexibility index (Phi) is 9.41. The Morgan fingerprint density at radius 2 is 1.93 bits per heavy atom. The maximum Gasteiger partial charge on any atom is 0.246 e. The zero-order chi connectivity index (χ0) is 20.4. The molecule has 0 aliphatic rings. The minimum atomic E-state index is -0.543. The molecule has 0 spiro atoms. The predicted molar refractivity (Wildman–Crippen MR) is 102 cm³/mol. The van der Waals surface area contributed by atoms with Gasteiger partial charge in [0, 0.05) is 20.0 Å². The van der Waals surface area contributed by atoms with E-state index in [0.29, 0.717) is 23.3 Å². The van der Waals surface area contributed by atoms with Gasteiger partial charge in [-0.25, -0.2) is 5.06 Å². The zero-order valence-corrected chi connectivity index (χ0v) is 16.8. The number of rotatable bonds is 12. The number of hydroxylamine groups is 2. The lowest BCUT2D eigenvalue weighted by Crippen LogP contribution is -2.40. The Morgan fingerprint density at radius 1 is 1.22 bits per heavy atom. The third kappa shape index (κ3) is 7.73. The molecule has 0 saturated heterocycles. The molecule has 10 nitrogen and oxygen atoms in total. The summed E-state index contributed by atoms with van der Waals surface area (Å²) in [6, 6.07) is 0. The number of hydrazine groups is 1. The van der Waals surface area contributed by atoms with Gasteiger partial charge < -0.3 is 4.90 Å². The molecule has 10 heteroatoms. The van der Waals surface area contributed by atoms with Crippen LogP contribution in [-0.4, -0.2) is 58.2 Å². The monoisotopic (exact) mass is 381 g/mol. The fourth-order valence-electron chi connectivity index (χ4n) is 2.33. The van der Waals surface area contributed by atoms with Crippen LogP contribution in [0.2, 0.25) is 0 Å². The summed E-state index contributed by atoms with van der Waals surface area (Å²) < 4.78 is 0.